The summed E-state index contributed by atoms with van der Waals surface area (Å²) < 4.78 is 11.9. The highest BCUT2D eigenvalue weighted by Gasteiger charge is 2.60. The Kier molecular flexibility index (Phi) is 15.5. The fourth-order valence-corrected chi connectivity index (χ4v) is 14.3. The maximum absolute atomic E-state index is 12.9. The molecule has 340 valence electrons. The Balaban J connectivity index is 0.000000119. The van der Waals surface area contributed by atoms with Gasteiger partial charge < -0.3 is 10.8 Å². The van der Waals surface area contributed by atoms with Crippen molar-refractivity contribution >= 4 is 158 Å². The summed E-state index contributed by atoms with van der Waals surface area (Å²) in [7, 11) is 7.36. The number of rotatable bonds is 5. The minimum Gasteiger partial charge on any atom is -0.477 e. The zero-order chi connectivity index (χ0) is 45.5. The Labute approximate surface area is 415 Å². The van der Waals surface area contributed by atoms with E-state index >= 15 is 0 Å². The molecule has 3 aromatic carbocycles. The molecule has 8 nitrogen and oxygen atoms in total. The number of Topliss-reactive ketones (excluding diaryl/α,β-unsaturated/α-hetero) is 1. The monoisotopic (exact) mass is 1060 g/mol. The van der Waals surface area contributed by atoms with E-state index in [1.165, 1.54) is 100 Å². The van der Waals surface area contributed by atoms with Gasteiger partial charge in [-0.1, -0.05) is 71.2 Å². The van der Waals surface area contributed by atoms with Gasteiger partial charge in [-0.3, -0.25) is 19.4 Å². The number of piperidine rings is 6. The van der Waals surface area contributed by atoms with Crippen molar-refractivity contribution in [2.75, 3.05) is 26.2 Å². The number of nitrogens with zero attached hydrogens (tertiary/aromatic N) is 2. The van der Waals surface area contributed by atoms with Crippen LogP contribution in [0.25, 0.3) is 30.3 Å². The number of benzene rings is 3. The number of carboxylic acids is 1. The van der Waals surface area contributed by atoms with Gasteiger partial charge in [-0.2, -0.15) is 0 Å². The van der Waals surface area contributed by atoms with Crippen molar-refractivity contribution in [3.05, 3.63) is 102 Å². The fraction of sp³-hybridized carbons (Fsp3) is 0.413. The molecule has 64 heavy (non-hydrogen) atoms. The van der Waals surface area contributed by atoms with Crippen molar-refractivity contribution in [3.8, 4) is 0 Å². The zero-order valence-electron chi connectivity index (χ0n) is 34.4. The van der Waals surface area contributed by atoms with E-state index in [1.54, 1.807) is 35.6 Å². The van der Waals surface area contributed by atoms with Crippen LogP contribution in [0.1, 0.15) is 86.8 Å². The highest BCUT2D eigenvalue weighted by Crippen LogP contribution is 2.59. The number of hydrogen-bond acceptors (Lipinski definition) is 10. The minimum absolute atomic E-state index is 0.322. The summed E-state index contributed by atoms with van der Waals surface area (Å²) in [4.78, 5) is 41.5. The first-order valence-corrected chi connectivity index (χ1v) is 27.9. The van der Waals surface area contributed by atoms with E-state index < -0.39 is 20.4 Å². The molecule has 2 saturated carbocycles. The molecule has 8 fully saturated rings. The molecule has 2 aliphatic carbocycles. The first kappa shape index (κ1) is 48.6. The van der Waals surface area contributed by atoms with E-state index in [4.69, 9.17) is 61.5 Å². The SMILES string of the molecule is NC1C2CCN(CC2)C12CC2.O=C(CC1C2CCN(CC2)C12CC2)c1cc2cccc(Cl)c2s1.O=C(Cl)c1cc2cccc(Cl)c2s1.O=C(O)c1cc2cccc(Cl)c2s1.O=S(Cl)Cl. The number of ketones is 1. The molecule has 6 aliphatic heterocycles. The first-order valence-electron chi connectivity index (χ1n) is 21.1. The van der Waals surface area contributed by atoms with Crippen molar-refractivity contribution < 1.29 is 23.7 Å². The van der Waals surface area contributed by atoms with E-state index in [0.29, 0.717) is 48.6 Å². The van der Waals surface area contributed by atoms with Gasteiger partial charge in [0.25, 0.3) is 5.24 Å². The third-order valence-electron chi connectivity index (χ3n) is 13.8. The molecular weight excluding hydrogens is 1020 g/mol. The maximum Gasteiger partial charge on any atom is 0.345 e. The largest absolute Gasteiger partial charge is 0.477 e. The van der Waals surface area contributed by atoms with E-state index in [9.17, 15) is 14.4 Å². The molecule has 4 bridgehead atoms. The second-order valence-electron chi connectivity index (χ2n) is 17.2. The van der Waals surface area contributed by atoms with Gasteiger partial charge in [0.15, 0.2) is 5.78 Å². The second-order valence-corrected chi connectivity index (χ2v) is 24.4. The summed E-state index contributed by atoms with van der Waals surface area (Å²) in [5.41, 5.74) is 7.13. The predicted octanol–water partition coefficient (Wildman–Crippen LogP) is 13.8. The lowest BCUT2D eigenvalue weighted by Gasteiger charge is -2.52. The van der Waals surface area contributed by atoms with Gasteiger partial charge in [0.05, 0.1) is 38.9 Å². The highest BCUT2D eigenvalue weighted by atomic mass is 36.0. The van der Waals surface area contributed by atoms with E-state index in [1.807, 2.05) is 48.5 Å². The first-order chi connectivity index (χ1) is 30.6. The summed E-state index contributed by atoms with van der Waals surface area (Å²) in [6, 6.07) is 22.8. The Morgan fingerprint density at radius 1 is 0.656 bits per heavy atom. The number of fused-ring (bicyclic) bond motifs is 7. The third kappa shape index (κ3) is 10.4. The lowest BCUT2D eigenvalue weighted by Crippen LogP contribution is -2.63. The topological polar surface area (TPSA) is 121 Å². The second kappa shape index (κ2) is 20.4. The van der Waals surface area contributed by atoms with Gasteiger partial charge in [0.2, 0.25) is 9.23 Å². The molecular formula is C46H45Cl6N3O5S4. The number of aromatic carboxylic acids is 1. The molecule has 18 heteroatoms. The Morgan fingerprint density at radius 2 is 1.05 bits per heavy atom. The number of carbonyl (C=O) groups excluding carboxylic acids is 2. The van der Waals surface area contributed by atoms with Crippen molar-refractivity contribution in [1.29, 1.82) is 0 Å². The zero-order valence-corrected chi connectivity index (χ0v) is 42.2. The average molecular weight is 1060 g/mol. The van der Waals surface area contributed by atoms with Crippen LogP contribution in [0.4, 0.5) is 0 Å². The summed E-state index contributed by atoms with van der Waals surface area (Å²) in [5.74, 6) is 1.63. The quantitative estimate of drug-likeness (QED) is 0.129. The van der Waals surface area contributed by atoms with Gasteiger partial charge in [0.1, 0.15) is 4.88 Å². The predicted molar refractivity (Wildman–Crippen MR) is 270 cm³/mol. The summed E-state index contributed by atoms with van der Waals surface area (Å²) in [5, 5.41) is 13.3. The van der Waals surface area contributed by atoms with E-state index in [-0.39, 0.29) is 0 Å². The van der Waals surface area contributed by atoms with Crippen LogP contribution >= 0.6 is 102 Å². The smallest absolute Gasteiger partial charge is 0.345 e. The van der Waals surface area contributed by atoms with Crippen LogP contribution in [-0.2, 0) is 9.23 Å². The van der Waals surface area contributed by atoms with Gasteiger partial charge in [-0.25, -0.2) is 9.00 Å². The van der Waals surface area contributed by atoms with Crippen LogP contribution < -0.4 is 5.73 Å². The van der Waals surface area contributed by atoms with Crippen LogP contribution in [0.2, 0.25) is 15.1 Å². The molecule has 3 aromatic heterocycles. The third-order valence-corrected chi connectivity index (χ3v) is 19.0. The average Bonchev–Trinajstić information content (AvgIpc) is 4.04. The number of thiophene rings is 3. The summed E-state index contributed by atoms with van der Waals surface area (Å²) in [6.45, 7) is 5.18. The lowest BCUT2D eigenvalue weighted by molar-refractivity contribution is -0.0273. The van der Waals surface area contributed by atoms with Crippen molar-refractivity contribution in [3.63, 3.8) is 0 Å². The summed E-state index contributed by atoms with van der Waals surface area (Å²) in [6.07, 6.45) is 11.4. The van der Waals surface area contributed by atoms with Crippen molar-refractivity contribution in [2.45, 2.75) is 74.9 Å². The Bertz CT molecular complexity index is 2620. The molecule has 9 heterocycles. The summed E-state index contributed by atoms with van der Waals surface area (Å²) >= 11 is 27.5. The number of hydrogen-bond donors (Lipinski definition) is 2. The molecule has 3 N–H and O–H groups in total. The van der Waals surface area contributed by atoms with Gasteiger partial charge >= 0.3 is 5.97 Å². The molecule has 0 radical (unpaired) electrons. The van der Waals surface area contributed by atoms with E-state index in [0.717, 1.165) is 58.4 Å². The minimum atomic E-state index is -1.67. The van der Waals surface area contributed by atoms with Crippen LogP contribution in [0.5, 0.6) is 0 Å². The van der Waals surface area contributed by atoms with Gasteiger partial charge in [-0.15, -0.1) is 34.0 Å². The molecule has 0 amide bonds. The van der Waals surface area contributed by atoms with Crippen molar-refractivity contribution in [1.82, 2.24) is 9.80 Å². The molecule has 2 spiro atoms. The number of carboxylic acid groups (broad SMARTS) is 1. The van der Waals surface area contributed by atoms with E-state index in [2.05, 4.69) is 31.2 Å². The normalized spacial score (nSPS) is 24.8. The molecule has 8 aliphatic rings. The molecule has 14 rings (SSSR count). The number of halogens is 6. The van der Waals surface area contributed by atoms with Crippen LogP contribution in [0.15, 0.2) is 72.8 Å². The van der Waals surface area contributed by atoms with Gasteiger partial charge in [-0.05, 0) is 159 Å². The van der Waals surface area contributed by atoms with Crippen LogP contribution in [0.3, 0.4) is 0 Å². The molecule has 6 saturated heterocycles. The number of nitrogens with two attached hydrogens (primary N) is 1. The maximum atomic E-state index is 12.9. The fourth-order valence-electron chi connectivity index (χ4n) is 10.4. The van der Waals surface area contributed by atoms with Crippen molar-refractivity contribution in [2.24, 2.45) is 23.5 Å². The molecule has 2 atom stereocenters. The standard InChI is InChI=1S/C19H20ClNOS.C9H4Cl2OS.C9H5ClO2S.C9H16N2.Cl2OS/c20-15-3-1-2-13-10-17(23-18(13)15)16(22)11-14-12-4-8-21(9-5-12)19(14)6-7-19;2*10-6-3-1-2-5-4-7(9(11)12)13-8(5)6;10-8-7-1-5-11(6-2-7)9(8)3-4-9;1-4(2)3/h1-3,10,12,14H,4-9,11H2;1-4H;1-4H,(H,11,12);7-8H,1-6,10H2;. The lowest BCUT2D eigenvalue weighted by atomic mass is 9.70. The molecule has 6 aromatic rings. The molecule has 2 unspecified atom stereocenters. The highest BCUT2D eigenvalue weighted by molar-refractivity contribution is 8.26. The van der Waals surface area contributed by atoms with Crippen LogP contribution in [0, 0.1) is 17.8 Å². The van der Waals surface area contributed by atoms with Crippen LogP contribution in [-0.4, -0.2) is 79.4 Å². The number of carbonyl (C=O) groups is 3. The Hall–Kier alpha value is -1.88. The van der Waals surface area contributed by atoms with Gasteiger partial charge in [0, 0.05) is 44.9 Å². The Morgan fingerprint density at radius 3 is 1.44 bits per heavy atom.